The van der Waals surface area contributed by atoms with Crippen LogP contribution in [-0.2, 0) is 11.3 Å². The van der Waals surface area contributed by atoms with Crippen molar-refractivity contribution in [1.29, 1.82) is 0 Å². The first-order chi connectivity index (χ1) is 16.3. The lowest BCUT2D eigenvalue weighted by Crippen LogP contribution is -3.15. The Morgan fingerprint density at radius 2 is 1.91 bits per heavy atom. The molecule has 2 aromatic carbocycles. The molecule has 1 aliphatic carbocycles. The van der Waals surface area contributed by atoms with E-state index in [2.05, 4.69) is 28.5 Å². The summed E-state index contributed by atoms with van der Waals surface area (Å²) in [7, 11) is 5.73. The Morgan fingerprint density at radius 3 is 2.65 bits per heavy atom. The molecule has 2 unspecified atom stereocenters. The molecule has 7 heteroatoms. The molecule has 0 aromatic heterocycles. The van der Waals surface area contributed by atoms with Crippen LogP contribution in [0.3, 0.4) is 0 Å². The van der Waals surface area contributed by atoms with E-state index in [9.17, 15) is 9.59 Å². The third-order valence-electron chi connectivity index (χ3n) is 7.24. The largest absolute Gasteiger partial charge is 0.496 e. The molecule has 0 radical (unpaired) electrons. The first-order valence-corrected chi connectivity index (χ1v) is 12.1. The predicted octanol–water partition coefficient (Wildman–Crippen LogP) is 2.63. The van der Waals surface area contributed by atoms with Crippen molar-refractivity contribution in [2.45, 2.75) is 45.7 Å². The topological polar surface area (TPSA) is 75.1 Å². The van der Waals surface area contributed by atoms with Gasteiger partial charge in [-0.15, -0.1) is 0 Å². The van der Waals surface area contributed by atoms with Crippen molar-refractivity contribution in [2.24, 2.45) is 5.92 Å². The zero-order valence-corrected chi connectivity index (χ0v) is 21.0. The molecule has 0 saturated heterocycles. The smallest absolute Gasteiger partial charge is 0.345 e. The van der Waals surface area contributed by atoms with Crippen molar-refractivity contribution in [1.82, 2.24) is 4.90 Å². The molecule has 1 saturated carbocycles. The average Bonchev–Trinajstić information content (AvgIpc) is 3.40. The van der Waals surface area contributed by atoms with Gasteiger partial charge in [-0.05, 0) is 63.7 Å². The van der Waals surface area contributed by atoms with E-state index in [1.165, 1.54) is 0 Å². The maximum absolute atomic E-state index is 13.4. The van der Waals surface area contributed by atoms with E-state index in [-0.39, 0.29) is 23.8 Å². The van der Waals surface area contributed by atoms with Gasteiger partial charge in [-0.25, -0.2) is 4.79 Å². The number of anilines is 2. The van der Waals surface area contributed by atoms with E-state index in [4.69, 9.17) is 4.74 Å². The Morgan fingerprint density at radius 1 is 1.12 bits per heavy atom. The van der Waals surface area contributed by atoms with Gasteiger partial charge in [-0.2, -0.15) is 0 Å². The number of nitrogens with one attached hydrogen (secondary N) is 3. The summed E-state index contributed by atoms with van der Waals surface area (Å²) in [5.41, 5.74) is 5.93. The molecule has 3 N–H and O–H groups in total. The summed E-state index contributed by atoms with van der Waals surface area (Å²) in [5, 5.41) is 6.49. The number of benzene rings is 2. The number of rotatable bonds is 8. The van der Waals surface area contributed by atoms with Crippen LogP contribution in [0.4, 0.5) is 11.4 Å². The predicted molar refractivity (Wildman–Crippen MR) is 135 cm³/mol. The SMILES string of the molecule is COc1cc(NC(=O)[C@@H]2CCC([NH+]3Cc4c(C)cc(NCCN(C)C)cc4C3=O)C2)ccc1C. The fourth-order valence-corrected chi connectivity index (χ4v) is 5.23. The van der Waals surface area contributed by atoms with E-state index >= 15 is 0 Å². The standard InChI is InChI=1S/C27H36N4O3/c1-17-6-8-20(15-25(17)34-5)29-26(32)19-7-9-22(13-19)31-16-24-18(2)12-21(14-23(24)27(31)33)28-10-11-30(3)4/h6,8,12,14-15,19,22,28H,7,9-11,13,16H2,1-5H3,(H,29,32)/p+1/t19-,22?/m1/s1. The summed E-state index contributed by atoms with van der Waals surface area (Å²) in [6.45, 7) is 6.55. The maximum Gasteiger partial charge on any atom is 0.345 e. The van der Waals surface area contributed by atoms with Gasteiger partial charge < -0.3 is 20.3 Å². The lowest BCUT2D eigenvalue weighted by Gasteiger charge is -2.18. The quantitative estimate of drug-likeness (QED) is 0.559. The van der Waals surface area contributed by atoms with Gasteiger partial charge in [-0.1, -0.05) is 6.07 Å². The van der Waals surface area contributed by atoms with Crippen LogP contribution in [0.25, 0.3) is 0 Å². The molecule has 1 fully saturated rings. The highest BCUT2D eigenvalue weighted by atomic mass is 16.5. The van der Waals surface area contributed by atoms with Crippen molar-refractivity contribution in [3.63, 3.8) is 0 Å². The zero-order valence-electron chi connectivity index (χ0n) is 21.0. The van der Waals surface area contributed by atoms with Crippen LogP contribution in [0.2, 0.25) is 0 Å². The van der Waals surface area contributed by atoms with Crippen LogP contribution >= 0.6 is 0 Å². The fourth-order valence-electron chi connectivity index (χ4n) is 5.23. The fraction of sp³-hybridized carbons (Fsp3) is 0.481. The second-order valence-electron chi connectivity index (χ2n) is 9.96. The van der Waals surface area contributed by atoms with Crippen molar-refractivity contribution in [3.8, 4) is 5.75 Å². The number of quaternary nitrogens is 1. The van der Waals surface area contributed by atoms with Crippen LogP contribution in [0.5, 0.6) is 5.75 Å². The van der Waals surface area contributed by atoms with Crippen molar-refractivity contribution < 1.29 is 19.2 Å². The van der Waals surface area contributed by atoms with E-state index in [0.717, 1.165) is 76.6 Å². The summed E-state index contributed by atoms with van der Waals surface area (Å²) < 4.78 is 5.37. The molecule has 0 bridgehead atoms. The first-order valence-electron chi connectivity index (χ1n) is 12.1. The minimum atomic E-state index is -0.0781. The van der Waals surface area contributed by atoms with Crippen LogP contribution in [-0.4, -0.2) is 57.1 Å². The molecular weight excluding hydrogens is 428 g/mol. The Kier molecular flexibility index (Phi) is 7.24. The lowest BCUT2D eigenvalue weighted by molar-refractivity contribution is -0.851. The number of amides is 2. The Hall–Kier alpha value is -2.90. The normalized spacial score (nSPS) is 21.6. The minimum absolute atomic E-state index is 0.0283. The molecule has 3 atom stereocenters. The highest BCUT2D eigenvalue weighted by Crippen LogP contribution is 2.29. The van der Waals surface area contributed by atoms with Gasteiger partial charge in [0.25, 0.3) is 0 Å². The number of aryl methyl sites for hydroxylation is 2. The van der Waals surface area contributed by atoms with Gasteiger partial charge in [-0.3, -0.25) is 9.69 Å². The lowest BCUT2D eigenvalue weighted by atomic mass is 10.0. The van der Waals surface area contributed by atoms with Crippen molar-refractivity contribution in [2.75, 3.05) is 44.9 Å². The Labute approximate surface area is 202 Å². The van der Waals surface area contributed by atoms with Crippen LogP contribution in [0.1, 0.15) is 46.3 Å². The van der Waals surface area contributed by atoms with E-state index in [0.29, 0.717) is 6.54 Å². The molecule has 34 heavy (non-hydrogen) atoms. The number of carbonyl (C=O) groups excluding carboxylic acids is 2. The van der Waals surface area contributed by atoms with Crippen molar-refractivity contribution in [3.05, 3.63) is 52.6 Å². The van der Waals surface area contributed by atoms with Crippen molar-refractivity contribution >= 4 is 23.2 Å². The monoisotopic (exact) mass is 465 g/mol. The van der Waals surface area contributed by atoms with Gasteiger partial charge >= 0.3 is 5.91 Å². The molecule has 1 heterocycles. The third kappa shape index (κ3) is 5.10. The second kappa shape index (κ2) is 10.2. The molecule has 0 spiro atoms. The number of hydrogen-bond donors (Lipinski definition) is 3. The van der Waals surface area contributed by atoms with Gasteiger partial charge in [0.15, 0.2) is 0 Å². The zero-order chi connectivity index (χ0) is 24.4. The molecule has 182 valence electrons. The third-order valence-corrected chi connectivity index (χ3v) is 7.24. The van der Waals surface area contributed by atoms with Crippen LogP contribution in [0, 0.1) is 19.8 Å². The number of fused-ring (bicyclic) bond motifs is 1. The highest BCUT2D eigenvalue weighted by molar-refractivity contribution is 5.94. The summed E-state index contributed by atoms with van der Waals surface area (Å²) in [5.74, 6) is 0.882. The molecule has 2 amide bonds. The highest BCUT2D eigenvalue weighted by Gasteiger charge is 2.44. The minimum Gasteiger partial charge on any atom is -0.496 e. The number of carbonyl (C=O) groups is 2. The average molecular weight is 466 g/mol. The Balaban J connectivity index is 1.39. The number of methoxy groups -OCH3 is 1. The molecule has 7 nitrogen and oxygen atoms in total. The summed E-state index contributed by atoms with van der Waals surface area (Å²) >= 11 is 0. The van der Waals surface area contributed by atoms with Gasteiger partial charge in [0.05, 0.1) is 18.7 Å². The van der Waals surface area contributed by atoms with Gasteiger partial charge in [0.1, 0.15) is 12.3 Å². The number of ether oxygens (including phenoxy) is 1. The van der Waals surface area contributed by atoms with Crippen LogP contribution in [0.15, 0.2) is 30.3 Å². The van der Waals surface area contributed by atoms with E-state index in [1.54, 1.807) is 7.11 Å². The summed E-state index contributed by atoms with van der Waals surface area (Å²) in [4.78, 5) is 29.4. The molecule has 4 rings (SSSR count). The van der Waals surface area contributed by atoms with Gasteiger partial charge in [0.2, 0.25) is 5.91 Å². The molecule has 2 aliphatic rings. The Bertz CT molecular complexity index is 1080. The summed E-state index contributed by atoms with van der Waals surface area (Å²) in [6.07, 6.45) is 2.43. The molecule has 1 aliphatic heterocycles. The molecule has 2 aromatic rings. The second-order valence-corrected chi connectivity index (χ2v) is 9.96. The van der Waals surface area contributed by atoms with Gasteiger partial charge in [0, 0.05) is 54.9 Å². The number of hydrogen-bond acceptors (Lipinski definition) is 5. The number of likely N-dealkylation sites (N-methyl/N-ethyl adjacent to an activating group) is 1. The van der Waals surface area contributed by atoms with E-state index in [1.807, 2.05) is 45.3 Å². The van der Waals surface area contributed by atoms with E-state index < -0.39 is 0 Å². The maximum atomic E-state index is 13.4. The number of nitrogens with zero attached hydrogens (tertiary/aromatic N) is 1. The molecular formula is C27H37N4O3+. The first kappa shape index (κ1) is 24.2. The van der Waals surface area contributed by atoms with Crippen LogP contribution < -0.4 is 20.3 Å². The summed E-state index contributed by atoms with van der Waals surface area (Å²) in [6, 6.07) is 10.0.